The molecule has 0 aliphatic carbocycles. The summed E-state index contributed by atoms with van der Waals surface area (Å²) in [5, 5.41) is 8.22. The number of hydrogen-bond acceptors (Lipinski definition) is 3. The molecule has 0 unspecified atom stereocenters. The first kappa shape index (κ1) is 25.5. The lowest BCUT2D eigenvalue weighted by Crippen LogP contribution is -2.38. The Hall–Kier alpha value is -2.10. The average molecular weight is 562 g/mol. The summed E-state index contributed by atoms with van der Waals surface area (Å²) in [4.78, 5) is 10.8. The van der Waals surface area contributed by atoms with E-state index in [2.05, 4.69) is 82.9 Å². The number of nitrogens with zero attached hydrogens (tertiary/aromatic N) is 2. The largest absolute Gasteiger partial charge is 0.379 e. The monoisotopic (exact) mass is 561 g/mol. The maximum Gasteiger partial charge on any atom is 0.191 e. The van der Waals surface area contributed by atoms with Gasteiger partial charge in [0.15, 0.2) is 5.96 Å². The van der Waals surface area contributed by atoms with Gasteiger partial charge in [-0.05, 0) is 43.0 Å². The molecule has 1 aliphatic heterocycles. The smallest absolute Gasteiger partial charge is 0.191 e. The van der Waals surface area contributed by atoms with Crippen LogP contribution in [-0.2, 0) is 24.2 Å². The van der Waals surface area contributed by atoms with Crippen LogP contribution in [0, 0.1) is 6.92 Å². The van der Waals surface area contributed by atoms with Gasteiger partial charge in [0.2, 0.25) is 0 Å². The van der Waals surface area contributed by atoms with Crippen molar-refractivity contribution in [1.29, 1.82) is 0 Å². The number of halogens is 1. The molecule has 33 heavy (non-hydrogen) atoms. The minimum absolute atomic E-state index is 0. The lowest BCUT2D eigenvalue weighted by molar-refractivity contribution is 0.0341. The molecule has 4 rings (SSSR count). The number of aliphatic imine (C=N–C) groups is 1. The van der Waals surface area contributed by atoms with Crippen LogP contribution in [0.15, 0.2) is 53.5 Å². The second-order valence-electron chi connectivity index (χ2n) is 8.30. The number of H-pyrrole nitrogens is 1. The van der Waals surface area contributed by atoms with Gasteiger partial charge in [-0.3, -0.25) is 4.90 Å². The first-order valence-corrected chi connectivity index (χ1v) is 11.7. The Bertz CT molecular complexity index is 1040. The van der Waals surface area contributed by atoms with Crippen molar-refractivity contribution in [2.75, 3.05) is 39.4 Å². The second kappa shape index (κ2) is 13.0. The summed E-state index contributed by atoms with van der Waals surface area (Å²) in [7, 11) is 0. The number of ether oxygens (including phenoxy) is 1. The molecule has 2 heterocycles. The molecule has 1 aromatic heterocycles. The highest BCUT2D eigenvalue weighted by Gasteiger charge is 2.13. The molecule has 0 spiro atoms. The van der Waals surface area contributed by atoms with Gasteiger partial charge in [-0.2, -0.15) is 0 Å². The molecule has 1 aliphatic rings. The van der Waals surface area contributed by atoms with Gasteiger partial charge >= 0.3 is 0 Å². The van der Waals surface area contributed by atoms with Crippen molar-refractivity contribution >= 4 is 40.8 Å². The minimum Gasteiger partial charge on any atom is -0.379 e. The van der Waals surface area contributed by atoms with Gasteiger partial charge in [-0.1, -0.05) is 42.5 Å². The molecule has 3 N–H and O–H groups in total. The molecular formula is C26H36IN5O. The van der Waals surface area contributed by atoms with Gasteiger partial charge in [0.05, 0.1) is 19.8 Å². The molecular weight excluding hydrogens is 525 g/mol. The van der Waals surface area contributed by atoms with E-state index in [9.17, 15) is 0 Å². The molecule has 178 valence electrons. The number of guanidine groups is 1. The summed E-state index contributed by atoms with van der Waals surface area (Å²) in [6.07, 6.45) is 0.952. The van der Waals surface area contributed by atoms with Crippen molar-refractivity contribution in [2.45, 2.75) is 33.4 Å². The number of morpholine rings is 1. The van der Waals surface area contributed by atoms with Crippen molar-refractivity contribution in [2.24, 2.45) is 4.99 Å². The number of rotatable bonds is 8. The van der Waals surface area contributed by atoms with E-state index in [1.54, 1.807) is 0 Å². The predicted octanol–water partition coefficient (Wildman–Crippen LogP) is 4.22. The molecule has 1 saturated heterocycles. The molecule has 7 heteroatoms. The number of benzene rings is 2. The molecule has 0 saturated carbocycles. The van der Waals surface area contributed by atoms with Gasteiger partial charge in [-0.25, -0.2) is 4.99 Å². The summed E-state index contributed by atoms with van der Waals surface area (Å²) in [5.74, 6) is 0.867. The molecule has 0 amide bonds. The number of aryl methyl sites for hydroxylation is 1. The Morgan fingerprint density at radius 3 is 2.55 bits per heavy atom. The summed E-state index contributed by atoms with van der Waals surface area (Å²) >= 11 is 0. The normalized spacial score (nSPS) is 14.8. The number of fused-ring (bicyclic) bond motifs is 1. The maximum absolute atomic E-state index is 5.49. The number of nitrogens with one attached hydrogen (secondary N) is 3. The van der Waals surface area contributed by atoms with Crippen molar-refractivity contribution in [3.8, 4) is 0 Å². The maximum atomic E-state index is 5.49. The molecule has 6 nitrogen and oxygen atoms in total. The Morgan fingerprint density at radius 2 is 1.76 bits per heavy atom. The topological polar surface area (TPSA) is 64.7 Å². The van der Waals surface area contributed by atoms with Gasteiger partial charge in [0.25, 0.3) is 0 Å². The van der Waals surface area contributed by atoms with E-state index in [4.69, 9.17) is 9.73 Å². The fraction of sp³-hybridized carbons (Fsp3) is 0.423. The Kier molecular flexibility index (Phi) is 10.0. The number of hydrogen-bond donors (Lipinski definition) is 3. The van der Waals surface area contributed by atoms with Crippen LogP contribution in [0.3, 0.4) is 0 Å². The van der Waals surface area contributed by atoms with Crippen LogP contribution in [0.4, 0.5) is 0 Å². The van der Waals surface area contributed by atoms with E-state index in [0.29, 0.717) is 6.54 Å². The quantitative estimate of drug-likeness (QED) is 0.219. The van der Waals surface area contributed by atoms with E-state index >= 15 is 0 Å². The molecule has 0 atom stereocenters. The van der Waals surface area contributed by atoms with Crippen LogP contribution < -0.4 is 10.6 Å². The standard InChI is InChI=1S/C26H35N5O.HI/c1-3-27-26(28-13-12-23-20(2)30-25-11-7-6-10-24(23)25)29-18-21-8-4-5-9-22(21)19-31-14-16-32-17-15-31;/h4-11,30H,3,12-19H2,1-2H3,(H2,27,28,29);1H. The highest BCUT2D eigenvalue weighted by Crippen LogP contribution is 2.22. The van der Waals surface area contributed by atoms with Gasteiger partial charge in [0, 0.05) is 49.3 Å². The van der Waals surface area contributed by atoms with Crippen molar-refractivity contribution in [3.63, 3.8) is 0 Å². The molecule has 1 fully saturated rings. The first-order valence-electron chi connectivity index (χ1n) is 11.7. The van der Waals surface area contributed by atoms with Crippen LogP contribution >= 0.6 is 24.0 Å². The number of aromatic amines is 1. The third-order valence-electron chi connectivity index (χ3n) is 6.06. The third-order valence-corrected chi connectivity index (χ3v) is 6.06. The van der Waals surface area contributed by atoms with Crippen LogP contribution in [0.2, 0.25) is 0 Å². The van der Waals surface area contributed by atoms with Crippen LogP contribution in [0.25, 0.3) is 10.9 Å². The zero-order chi connectivity index (χ0) is 22.2. The summed E-state index contributed by atoms with van der Waals surface area (Å²) < 4.78 is 5.49. The molecule has 2 aromatic carbocycles. The van der Waals surface area contributed by atoms with E-state index in [1.165, 1.54) is 33.3 Å². The van der Waals surface area contributed by atoms with E-state index < -0.39 is 0 Å². The zero-order valence-electron chi connectivity index (χ0n) is 19.7. The fourth-order valence-corrected chi connectivity index (χ4v) is 4.33. The SMILES string of the molecule is CCNC(=NCc1ccccc1CN1CCOCC1)NCCc1c(C)[nH]c2ccccc12.I. The average Bonchev–Trinajstić information content (AvgIpc) is 3.14. The van der Waals surface area contributed by atoms with Crippen molar-refractivity contribution in [1.82, 2.24) is 20.5 Å². The highest BCUT2D eigenvalue weighted by atomic mass is 127. The first-order chi connectivity index (χ1) is 15.7. The van der Waals surface area contributed by atoms with Gasteiger partial charge in [-0.15, -0.1) is 24.0 Å². The Labute approximate surface area is 214 Å². The second-order valence-corrected chi connectivity index (χ2v) is 8.30. The highest BCUT2D eigenvalue weighted by molar-refractivity contribution is 14.0. The molecule has 3 aromatic rings. The minimum atomic E-state index is 0. The third kappa shape index (κ3) is 6.94. The van der Waals surface area contributed by atoms with Crippen molar-refractivity contribution in [3.05, 3.63) is 70.9 Å². The zero-order valence-corrected chi connectivity index (χ0v) is 22.0. The molecule has 0 bridgehead atoms. The van der Waals surface area contributed by atoms with Crippen LogP contribution in [-0.4, -0.2) is 55.2 Å². The fourth-order valence-electron chi connectivity index (χ4n) is 4.33. The number of aromatic nitrogens is 1. The summed E-state index contributed by atoms with van der Waals surface area (Å²) in [6.45, 7) is 11.2. The van der Waals surface area contributed by atoms with E-state index in [-0.39, 0.29) is 24.0 Å². The van der Waals surface area contributed by atoms with Crippen LogP contribution in [0.1, 0.15) is 29.3 Å². The van der Waals surface area contributed by atoms with Gasteiger partial charge < -0.3 is 20.4 Å². The van der Waals surface area contributed by atoms with Crippen LogP contribution in [0.5, 0.6) is 0 Å². The summed E-state index contributed by atoms with van der Waals surface area (Å²) in [6, 6.07) is 17.2. The Morgan fingerprint density at radius 1 is 1.03 bits per heavy atom. The predicted molar refractivity (Wildman–Crippen MR) is 148 cm³/mol. The molecule has 0 radical (unpaired) electrons. The lowest BCUT2D eigenvalue weighted by atomic mass is 10.1. The van der Waals surface area contributed by atoms with Gasteiger partial charge in [0.1, 0.15) is 0 Å². The Balaban J connectivity index is 0.00000306. The number of para-hydroxylation sites is 1. The van der Waals surface area contributed by atoms with E-state index in [0.717, 1.165) is 58.3 Å². The lowest BCUT2D eigenvalue weighted by Gasteiger charge is -2.27. The van der Waals surface area contributed by atoms with Crippen molar-refractivity contribution < 1.29 is 4.74 Å². The summed E-state index contributed by atoms with van der Waals surface area (Å²) in [5.41, 5.74) is 6.45. The van der Waals surface area contributed by atoms with E-state index in [1.807, 2.05) is 0 Å².